The van der Waals surface area contributed by atoms with E-state index >= 15 is 0 Å². The number of urea groups is 1. The number of carbonyl (C=O) groups excluding carboxylic acids is 4. The Morgan fingerprint density at radius 1 is 1.23 bits per heavy atom. The number of carbonyl (C=O) groups is 4. The predicted molar refractivity (Wildman–Crippen MR) is 95.0 cm³/mol. The van der Waals surface area contributed by atoms with Crippen molar-refractivity contribution in [1.82, 2.24) is 10.2 Å². The number of halogens is 2. The summed E-state index contributed by atoms with van der Waals surface area (Å²) in [7, 11) is 0. The highest BCUT2D eigenvalue weighted by Gasteiger charge is 2.47. The monoisotopic (exact) mass is 401 g/mol. The van der Waals surface area contributed by atoms with Crippen molar-refractivity contribution in [2.75, 3.05) is 18.5 Å². The molecule has 0 unspecified atom stereocenters. The average Bonchev–Trinajstić information content (AvgIpc) is 2.76. The smallest absolute Gasteiger partial charge is 0.326 e. The first-order valence-corrected chi connectivity index (χ1v) is 8.46. The molecule has 2 N–H and O–H groups in total. The number of esters is 1. The molecule has 1 heterocycles. The lowest BCUT2D eigenvalue weighted by Crippen LogP contribution is -2.43. The molecule has 0 radical (unpaired) electrons. The number of benzene rings is 1. The molecule has 0 bridgehead atoms. The van der Waals surface area contributed by atoms with Gasteiger partial charge in [0.05, 0.1) is 0 Å². The Morgan fingerprint density at radius 2 is 1.85 bits per heavy atom. The van der Waals surface area contributed by atoms with E-state index in [-0.39, 0.29) is 0 Å². The first kappa shape index (κ1) is 20.0. The van der Waals surface area contributed by atoms with Crippen molar-refractivity contribution in [3.05, 3.63) is 28.2 Å². The van der Waals surface area contributed by atoms with Crippen LogP contribution < -0.4 is 10.6 Å². The Balaban J connectivity index is 1.86. The summed E-state index contributed by atoms with van der Waals surface area (Å²) in [5.74, 6) is -2.01. The van der Waals surface area contributed by atoms with Gasteiger partial charge in [0.2, 0.25) is 0 Å². The molecule has 2 rings (SSSR count). The fraction of sp³-hybridized carbons (Fsp3) is 0.375. The van der Waals surface area contributed by atoms with Gasteiger partial charge in [-0.1, -0.05) is 30.1 Å². The van der Waals surface area contributed by atoms with E-state index in [1.165, 1.54) is 18.2 Å². The third-order valence-corrected chi connectivity index (χ3v) is 4.29. The normalized spacial score (nSPS) is 19.3. The number of rotatable bonds is 6. The van der Waals surface area contributed by atoms with Gasteiger partial charge in [-0.2, -0.15) is 0 Å². The van der Waals surface area contributed by atoms with Crippen molar-refractivity contribution in [3.8, 4) is 0 Å². The number of nitrogens with zero attached hydrogens (tertiary/aromatic N) is 1. The topological polar surface area (TPSA) is 105 Å². The minimum absolute atomic E-state index is 0.335. The van der Waals surface area contributed by atoms with Crippen LogP contribution in [0, 0.1) is 0 Å². The molecule has 4 amide bonds. The SMILES string of the molecule is CC[C@@]1(C)NC(=O)N(CC(=O)OCC(=O)Nc2cc(Cl)cc(Cl)c2)C1=O. The first-order valence-electron chi connectivity index (χ1n) is 7.70. The standard InChI is InChI=1S/C16H17Cl2N3O5/c1-3-16(2)14(24)21(15(25)20-16)7-13(23)26-8-12(22)19-11-5-9(17)4-10(18)6-11/h4-6H,3,7-8H2,1-2H3,(H,19,22)(H,20,25)/t16-/m1/s1. The zero-order valence-electron chi connectivity index (χ0n) is 14.1. The van der Waals surface area contributed by atoms with Crippen LogP contribution in [-0.4, -0.2) is 47.4 Å². The molecule has 0 aliphatic carbocycles. The van der Waals surface area contributed by atoms with E-state index in [9.17, 15) is 19.2 Å². The second kappa shape index (κ2) is 7.92. The fourth-order valence-electron chi connectivity index (χ4n) is 2.27. The van der Waals surface area contributed by atoms with E-state index < -0.39 is 42.5 Å². The summed E-state index contributed by atoms with van der Waals surface area (Å²) in [6, 6.07) is 3.79. The Bertz CT molecular complexity index is 750. The highest BCUT2D eigenvalue weighted by atomic mass is 35.5. The summed E-state index contributed by atoms with van der Waals surface area (Å²) >= 11 is 11.6. The van der Waals surface area contributed by atoms with Gasteiger partial charge in [-0.05, 0) is 31.5 Å². The van der Waals surface area contributed by atoms with Crippen molar-refractivity contribution in [2.45, 2.75) is 25.8 Å². The van der Waals surface area contributed by atoms with Crippen LogP contribution in [0.15, 0.2) is 18.2 Å². The summed E-state index contributed by atoms with van der Waals surface area (Å²) in [6.07, 6.45) is 0.383. The lowest BCUT2D eigenvalue weighted by atomic mass is 9.99. The Hall–Kier alpha value is -2.32. The molecule has 1 fully saturated rings. The van der Waals surface area contributed by atoms with Gasteiger partial charge >= 0.3 is 12.0 Å². The van der Waals surface area contributed by atoms with Crippen LogP contribution in [0.4, 0.5) is 10.5 Å². The molecule has 8 nitrogen and oxygen atoms in total. The molecular formula is C16H17Cl2N3O5. The van der Waals surface area contributed by atoms with Gasteiger partial charge in [0.1, 0.15) is 12.1 Å². The van der Waals surface area contributed by atoms with Crippen LogP contribution in [0.2, 0.25) is 10.0 Å². The summed E-state index contributed by atoms with van der Waals surface area (Å²) in [6.45, 7) is 2.16. The summed E-state index contributed by atoms with van der Waals surface area (Å²) in [5, 5.41) is 5.66. The molecular weight excluding hydrogens is 385 g/mol. The number of hydrogen-bond acceptors (Lipinski definition) is 5. The second-order valence-electron chi connectivity index (χ2n) is 5.87. The van der Waals surface area contributed by atoms with Crippen molar-refractivity contribution in [3.63, 3.8) is 0 Å². The molecule has 26 heavy (non-hydrogen) atoms. The number of amides is 4. The van der Waals surface area contributed by atoms with E-state index in [1.807, 2.05) is 0 Å². The number of ether oxygens (including phenoxy) is 1. The van der Waals surface area contributed by atoms with Gasteiger partial charge in [0.25, 0.3) is 11.8 Å². The van der Waals surface area contributed by atoms with Gasteiger partial charge in [-0.3, -0.25) is 19.3 Å². The molecule has 1 aliphatic heterocycles. The first-order chi connectivity index (χ1) is 12.1. The molecule has 0 spiro atoms. The minimum atomic E-state index is -1.04. The lowest BCUT2D eigenvalue weighted by molar-refractivity contribution is -0.150. The zero-order valence-corrected chi connectivity index (χ0v) is 15.6. The molecule has 1 aromatic rings. The van der Waals surface area contributed by atoms with Crippen LogP contribution >= 0.6 is 23.2 Å². The van der Waals surface area contributed by atoms with Gasteiger partial charge in [0.15, 0.2) is 6.61 Å². The van der Waals surface area contributed by atoms with Crippen molar-refractivity contribution in [1.29, 1.82) is 0 Å². The fourth-order valence-corrected chi connectivity index (χ4v) is 2.80. The van der Waals surface area contributed by atoms with E-state index in [4.69, 9.17) is 27.9 Å². The van der Waals surface area contributed by atoms with Gasteiger partial charge in [-0.15, -0.1) is 0 Å². The van der Waals surface area contributed by atoms with E-state index in [1.54, 1.807) is 13.8 Å². The molecule has 10 heteroatoms. The van der Waals surface area contributed by atoms with Gasteiger partial charge in [0, 0.05) is 15.7 Å². The molecule has 1 saturated heterocycles. The van der Waals surface area contributed by atoms with Gasteiger partial charge in [-0.25, -0.2) is 4.79 Å². The highest BCUT2D eigenvalue weighted by Crippen LogP contribution is 2.22. The van der Waals surface area contributed by atoms with E-state index in [0.29, 0.717) is 22.2 Å². The number of nitrogens with one attached hydrogen (secondary N) is 2. The highest BCUT2D eigenvalue weighted by molar-refractivity contribution is 6.35. The Kier molecular flexibility index (Phi) is 6.09. The maximum Gasteiger partial charge on any atom is 0.326 e. The Morgan fingerprint density at radius 3 is 2.38 bits per heavy atom. The quantitative estimate of drug-likeness (QED) is 0.561. The molecule has 0 saturated carbocycles. The predicted octanol–water partition coefficient (Wildman–Crippen LogP) is 2.20. The van der Waals surface area contributed by atoms with Crippen LogP contribution in [0.25, 0.3) is 0 Å². The molecule has 1 atom stereocenters. The lowest BCUT2D eigenvalue weighted by Gasteiger charge is -2.18. The van der Waals surface area contributed by atoms with E-state index in [2.05, 4.69) is 10.6 Å². The summed E-state index contributed by atoms with van der Waals surface area (Å²) < 4.78 is 4.81. The zero-order chi connectivity index (χ0) is 19.5. The third-order valence-electron chi connectivity index (χ3n) is 3.85. The molecule has 0 aromatic heterocycles. The number of anilines is 1. The molecule has 1 aliphatic rings. The summed E-state index contributed by atoms with van der Waals surface area (Å²) in [4.78, 5) is 48.4. The van der Waals surface area contributed by atoms with Crippen LogP contribution in [0.3, 0.4) is 0 Å². The number of imide groups is 1. The largest absolute Gasteiger partial charge is 0.454 e. The minimum Gasteiger partial charge on any atom is -0.454 e. The molecule has 140 valence electrons. The van der Waals surface area contributed by atoms with Crippen molar-refractivity contribution in [2.24, 2.45) is 0 Å². The maximum absolute atomic E-state index is 12.2. The Labute approximate surface area is 159 Å². The maximum atomic E-state index is 12.2. The van der Waals surface area contributed by atoms with Crippen molar-refractivity contribution >= 4 is 52.7 Å². The van der Waals surface area contributed by atoms with Gasteiger partial charge < -0.3 is 15.4 Å². The third kappa shape index (κ3) is 4.64. The van der Waals surface area contributed by atoms with Crippen LogP contribution in [0.5, 0.6) is 0 Å². The van der Waals surface area contributed by atoms with Crippen LogP contribution in [-0.2, 0) is 19.1 Å². The molecule has 1 aromatic carbocycles. The second-order valence-corrected chi connectivity index (χ2v) is 6.75. The van der Waals surface area contributed by atoms with Crippen molar-refractivity contribution < 1.29 is 23.9 Å². The van der Waals surface area contributed by atoms with E-state index in [0.717, 1.165) is 4.90 Å². The summed E-state index contributed by atoms with van der Waals surface area (Å²) in [5.41, 5.74) is -0.697. The average molecular weight is 402 g/mol. The van der Waals surface area contributed by atoms with Crippen LogP contribution in [0.1, 0.15) is 20.3 Å². The number of hydrogen-bond donors (Lipinski definition) is 2.